The van der Waals surface area contributed by atoms with Crippen LogP contribution in [0.15, 0.2) is 16.6 Å². The highest BCUT2D eigenvalue weighted by Crippen LogP contribution is 2.41. The smallest absolute Gasteiger partial charge is 0.141 e. The minimum Gasteiger partial charge on any atom is -0.496 e. The van der Waals surface area contributed by atoms with Crippen molar-refractivity contribution in [2.45, 2.75) is 36.8 Å². The molecule has 0 aromatic heterocycles. The first-order chi connectivity index (χ1) is 8.52. The van der Waals surface area contributed by atoms with Crippen LogP contribution in [0.25, 0.3) is 0 Å². The van der Waals surface area contributed by atoms with E-state index in [1.807, 2.05) is 0 Å². The third-order valence-corrected chi connectivity index (χ3v) is 4.85. The maximum absolute atomic E-state index is 13.5. The molecule has 0 amide bonds. The maximum atomic E-state index is 13.5. The largest absolute Gasteiger partial charge is 0.496 e. The normalized spacial score (nSPS) is 25.2. The van der Waals surface area contributed by atoms with Crippen LogP contribution in [0.4, 0.5) is 4.39 Å². The number of methoxy groups -OCH3 is 1. The lowest BCUT2D eigenvalue weighted by Gasteiger charge is -2.21. The van der Waals surface area contributed by atoms with Crippen molar-refractivity contribution in [2.24, 2.45) is 0 Å². The van der Waals surface area contributed by atoms with Crippen LogP contribution in [-0.2, 0) is 4.74 Å². The highest BCUT2D eigenvalue weighted by Gasteiger charge is 2.31. The lowest BCUT2D eigenvalue weighted by Crippen LogP contribution is -2.15. The average molecular weight is 382 g/mol. The molecule has 1 heterocycles. The number of alkyl halides is 1. The quantitative estimate of drug-likeness (QED) is 0.712. The van der Waals surface area contributed by atoms with Crippen LogP contribution in [-0.4, -0.2) is 19.3 Å². The van der Waals surface area contributed by atoms with Gasteiger partial charge >= 0.3 is 0 Å². The molecular formula is C13H15Br2FO2. The molecule has 2 nitrogen and oxygen atoms in total. The van der Waals surface area contributed by atoms with Gasteiger partial charge in [-0.2, -0.15) is 0 Å². The van der Waals surface area contributed by atoms with Gasteiger partial charge in [-0.05, 0) is 41.8 Å². The number of benzene rings is 1. The Kier molecular flexibility index (Phi) is 4.67. The van der Waals surface area contributed by atoms with Crippen LogP contribution in [0.2, 0.25) is 0 Å². The zero-order valence-electron chi connectivity index (χ0n) is 10.3. The lowest BCUT2D eigenvalue weighted by molar-refractivity contribution is 0.0553. The first-order valence-electron chi connectivity index (χ1n) is 5.85. The van der Waals surface area contributed by atoms with E-state index in [2.05, 4.69) is 38.8 Å². The first kappa shape index (κ1) is 14.3. The van der Waals surface area contributed by atoms with Crippen LogP contribution in [0, 0.1) is 5.82 Å². The number of halogens is 3. The highest BCUT2D eigenvalue weighted by molar-refractivity contribution is 9.10. The van der Waals surface area contributed by atoms with Gasteiger partial charge in [-0.15, -0.1) is 0 Å². The topological polar surface area (TPSA) is 18.5 Å². The van der Waals surface area contributed by atoms with Crippen LogP contribution < -0.4 is 4.74 Å². The zero-order chi connectivity index (χ0) is 13.3. The Balaban J connectivity index is 2.29. The van der Waals surface area contributed by atoms with Crippen LogP contribution in [0.1, 0.15) is 30.2 Å². The summed E-state index contributed by atoms with van der Waals surface area (Å²) in [6, 6.07) is 3.14. The standard InChI is InChI=1S/C13H15Br2FO2/c1-7-3-4-11(18-7)13(15)8-5-9(14)10(16)6-12(8)17-2/h5-7,11,13H,3-4H2,1-2H3. The molecule has 1 aliphatic rings. The van der Waals surface area contributed by atoms with Crippen molar-refractivity contribution in [2.75, 3.05) is 7.11 Å². The van der Waals surface area contributed by atoms with Crippen LogP contribution >= 0.6 is 31.9 Å². The minimum absolute atomic E-state index is 0.00861. The van der Waals surface area contributed by atoms with Crippen LogP contribution in [0.5, 0.6) is 5.75 Å². The van der Waals surface area contributed by atoms with Crippen LogP contribution in [0.3, 0.4) is 0 Å². The summed E-state index contributed by atoms with van der Waals surface area (Å²) in [4.78, 5) is 0.00861. The monoisotopic (exact) mass is 380 g/mol. The van der Waals surface area contributed by atoms with Crippen molar-refractivity contribution < 1.29 is 13.9 Å². The summed E-state index contributed by atoms with van der Waals surface area (Å²) < 4.78 is 25.0. The van der Waals surface area contributed by atoms with E-state index in [0.717, 1.165) is 18.4 Å². The molecular weight excluding hydrogens is 367 g/mol. The molecule has 1 aromatic rings. The van der Waals surface area contributed by atoms with Gasteiger partial charge in [0.05, 0.1) is 28.6 Å². The fourth-order valence-electron chi connectivity index (χ4n) is 2.19. The Hall–Kier alpha value is -0.130. The minimum atomic E-state index is -0.323. The summed E-state index contributed by atoms with van der Waals surface area (Å²) in [7, 11) is 1.55. The number of rotatable bonds is 3. The number of ether oxygens (including phenoxy) is 2. The van der Waals surface area contributed by atoms with Gasteiger partial charge in [0.2, 0.25) is 0 Å². The van der Waals surface area contributed by atoms with E-state index in [4.69, 9.17) is 9.47 Å². The van der Waals surface area contributed by atoms with Gasteiger partial charge in [0.25, 0.3) is 0 Å². The van der Waals surface area contributed by atoms with E-state index in [1.54, 1.807) is 13.2 Å². The van der Waals surface area contributed by atoms with Gasteiger partial charge in [0.1, 0.15) is 11.6 Å². The van der Waals surface area contributed by atoms with Gasteiger partial charge in [-0.1, -0.05) is 15.9 Å². The molecule has 0 radical (unpaired) electrons. The fraction of sp³-hybridized carbons (Fsp3) is 0.538. The second kappa shape index (κ2) is 5.88. The Morgan fingerprint density at radius 3 is 2.72 bits per heavy atom. The summed E-state index contributed by atoms with van der Waals surface area (Å²) in [5.74, 6) is 0.219. The molecule has 1 aliphatic heterocycles. The van der Waals surface area contributed by atoms with Gasteiger partial charge < -0.3 is 9.47 Å². The molecule has 2 rings (SSSR count). The molecule has 1 fully saturated rings. The fourth-order valence-corrected chi connectivity index (χ4v) is 3.29. The van der Waals surface area contributed by atoms with E-state index in [1.165, 1.54) is 6.07 Å². The average Bonchev–Trinajstić information content (AvgIpc) is 2.78. The third-order valence-electron chi connectivity index (χ3n) is 3.16. The molecule has 0 N–H and O–H groups in total. The summed E-state index contributed by atoms with van der Waals surface area (Å²) in [6.07, 6.45) is 2.43. The summed E-state index contributed by atoms with van der Waals surface area (Å²) >= 11 is 6.85. The molecule has 3 atom stereocenters. The van der Waals surface area contributed by atoms with Crippen molar-refractivity contribution in [1.82, 2.24) is 0 Å². The highest BCUT2D eigenvalue weighted by atomic mass is 79.9. The van der Waals surface area contributed by atoms with E-state index in [-0.39, 0.29) is 22.9 Å². The molecule has 0 bridgehead atoms. The van der Waals surface area contributed by atoms with Crippen molar-refractivity contribution in [1.29, 1.82) is 0 Å². The molecule has 0 spiro atoms. The van der Waals surface area contributed by atoms with Crippen molar-refractivity contribution >= 4 is 31.9 Å². The first-order valence-corrected chi connectivity index (χ1v) is 7.56. The van der Waals surface area contributed by atoms with Gasteiger partial charge in [0.15, 0.2) is 0 Å². The molecule has 0 saturated carbocycles. The number of hydrogen-bond acceptors (Lipinski definition) is 2. The molecule has 0 aliphatic carbocycles. The molecule has 3 unspecified atom stereocenters. The Morgan fingerprint density at radius 1 is 1.44 bits per heavy atom. The Labute approximate surface area is 123 Å². The van der Waals surface area contributed by atoms with Gasteiger partial charge in [0, 0.05) is 11.6 Å². The molecule has 18 heavy (non-hydrogen) atoms. The van der Waals surface area contributed by atoms with E-state index < -0.39 is 0 Å². The summed E-state index contributed by atoms with van der Waals surface area (Å²) in [5, 5.41) is 0. The summed E-state index contributed by atoms with van der Waals surface area (Å²) in [6.45, 7) is 2.07. The van der Waals surface area contributed by atoms with Crippen molar-refractivity contribution in [3.63, 3.8) is 0 Å². The SMILES string of the molecule is COc1cc(F)c(Br)cc1C(Br)C1CCC(C)O1. The molecule has 1 aromatic carbocycles. The van der Waals surface area contributed by atoms with E-state index >= 15 is 0 Å². The van der Waals surface area contributed by atoms with E-state index in [9.17, 15) is 4.39 Å². The Bertz CT molecular complexity index is 439. The Morgan fingerprint density at radius 2 is 2.17 bits per heavy atom. The predicted octanol–water partition coefficient (Wildman–Crippen LogP) is 4.60. The summed E-state index contributed by atoms with van der Waals surface area (Å²) in [5.41, 5.74) is 0.907. The third kappa shape index (κ3) is 2.89. The predicted molar refractivity (Wildman–Crippen MR) is 75.9 cm³/mol. The molecule has 100 valence electrons. The second-order valence-electron chi connectivity index (χ2n) is 4.47. The maximum Gasteiger partial charge on any atom is 0.141 e. The van der Waals surface area contributed by atoms with Gasteiger partial charge in [-0.3, -0.25) is 0 Å². The second-order valence-corrected chi connectivity index (χ2v) is 6.31. The molecule has 5 heteroatoms. The van der Waals surface area contributed by atoms with Gasteiger partial charge in [-0.25, -0.2) is 4.39 Å². The number of hydrogen-bond donors (Lipinski definition) is 0. The van der Waals surface area contributed by atoms with Crippen molar-refractivity contribution in [3.8, 4) is 5.75 Å². The van der Waals surface area contributed by atoms with Crippen molar-refractivity contribution in [3.05, 3.63) is 28.0 Å². The lowest BCUT2D eigenvalue weighted by atomic mass is 10.0. The molecule has 1 saturated heterocycles. The zero-order valence-corrected chi connectivity index (χ0v) is 13.4. The van der Waals surface area contributed by atoms with E-state index in [0.29, 0.717) is 10.2 Å².